The molecule has 0 saturated heterocycles. The second-order valence-corrected chi connectivity index (χ2v) is 4.57. The van der Waals surface area contributed by atoms with Gasteiger partial charge in [-0.25, -0.2) is 0 Å². The first kappa shape index (κ1) is 18.2. The Balaban J connectivity index is 0.000000215. The summed E-state index contributed by atoms with van der Waals surface area (Å²) in [5, 5.41) is 9.85. The zero-order chi connectivity index (χ0) is 17.2. The van der Waals surface area contributed by atoms with Crippen LogP contribution < -0.4 is 0 Å². The van der Waals surface area contributed by atoms with E-state index >= 15 is 0 Å². The molecular weight excluding hydrogens is 290 g/mol. The normalized spacial score (nSPS) is 9.17. The highest BCUT2D eigenvalue weighted by molar-refractivity contribution is 5.87. The summed E-state index contributed by atoms with van der Waals surface area (Å²) in [6.07, 6.45) is 3.59. The topological polar surface area (TPSA) is 59.3 Å². The molecule has 1 N–H and O–H groups in total. The van der Waals surface area contributed by atoms with Gasteiger partial charge >= 0.3 is 0 Å². The highest BCUT2D eigenvalue weighted by atomic mass is 16.3. The minimum absolute atomic E-state index is 0.181. The lowest BCUT2D eigenvalue weighted by Gasteiger charge is -1.95. The third-order valence-electron chi connectivity index (χ3n) is 3.07. The molecule has 3 rings (SSSR count). The van der Waals surface area contributed by atoms with E-state index in [0.717, 1.165) is 29.0 Å². The van der Waals surface area contributed by atoms with Gasteiger partial charge in [0.2, 0.25) is 0 Å². The molecule has 0 spiro atoms. The van der Waals surface area contributed by atoms with Gasteiger partial charge in [0.05, 0.1) is 0 Å². The van der Waals surface area contributed by atoms with Crippen LogP contribution in [0.2, 0.25) is 0 Å². The molecule has 120 valence electrons. The number of aryl methyl sites for hydroxylation is 1. The molecule has 23 heavy (non-hydrogen) atoms. The maximum atomic E-state index is 10.5. The van der Waals surface area contributed by atoms with Gasteiger partial charge in [-0.05, 0) is 48.5 Å². The third kappa shape index (κ3) is 5.11. The summed E-state index contributed by atoms with van der Waals surface area (Å²) < 4.78 is 2.03. The van der Waals surface area contributed by atoms with Gasteiger partial charge in [0, 0.05) is 35.3 Å². The van der Waals surface area contributed by atoms with E-state index in [9.17, 15) is 9.59 Å². The minimum atomic E-state index is 0.181. The van der Waals surface area contributed by atoms with Crippen molar-refractivity contribution in [2.24, 2.45) is 7.05 Å². The molecule has 4 heteroatoms. The highest BCUT2D eigenvalue weighted by Gasteiger charge is 1.97. The van der Waals surface area contributed by atoms with Gasteiger partial charge in [0.1, 0.15) is 18.3 Å². The molecule has 0 atom stereocenters. The Morgan fingerprint density at radius 2 is 1.43 bits per heavy atom. The fourth-order valence-electron chi connectivity index (χ4n) is 1.93. The Morgan fingerprint density at radius 1 is 0.870 bits per heavy atom. The van der Waals surface area contributed by atoms with E-state index in [1.54, 1.807) is 12.1 Å². The number of benzene rings is 2. The molecular formula is C19H21NO3. The quantitative estimate of drug-likeness (QED) is 0.721. The van der Waals surface area contributed by atoms with Gasteiger partial charge < -0.3 is 9.67 Å². The third-order valence-corrected chi connectivity index (χ3v) is 3.07. The molecule has 0 aliphatic rings. The largest absolute Gasteiger partial charge is 0.508 e. The number of aromatic nitrogens is 1. The van der Waals surface area contributed by atoms with Crippen LogP contribution in [0.4, 0.5) is 0 Å². The van der Waals surface area contributed by atoms with Crippen LogP contribution >= 0.6 is 0 Å². The van der Waals surface area contributed by atoms with Gasteiger partial charge in [-0.1, -0.05) is 13.8 Å². The van der Waals surface area contributed by atoms with Crippen molar-refractivity contribution in [3.8, 4) is 5.75 Å². The zero-order valence-electron chi connectivity index (χ0n) is 13.6. The van der Waals surface area contributed by atoms with Crippen molar-refractivity contribution in [1.29, 1.82) is 0 Å². The van der Waals surface area contributed by atoms with Crippen LogP contribution in [0.1, 0.15) is 34.6 Å². The maximum Gasteiger partial charge on any atom is 0.150 e. The molecule has 0 unspecified atom stereocenters. The molecule has 0 radical (unpaired) electrons. The van der Waals surface area contributed by atoms with Crippen LogP contribution in [-0.2, 0) is 7.05 Å². The van der Waals surface area contributed by atoms with Crippen LogP contribution in [-0.4, -0.2) is 22.2 Å². The van der Waals surface area contributed by atoms with Gasteiger partial charge in [-0.15, -0.1) is 0 Å². The first-order valence-corrected chi connectivity index (χ1v) is 7.38. The molecule has 1 aromatic heterocycles. The van der Waals surface area contributed by atoms with Crippen molar-refractivity contribution in [2.45, 2.75) is 13.8 Å². The van der Waals surface area contributed by atoms with Gasteiger partial charge in [-0.3, -0.25) is 9.59 Å². The molecule has 0 fully saturated rings. The van der Waals surface area contributed by atoms with Crippen molar-refractivity contribution in [1.82, 2.24) is 4.57 Å². The minimum Gasteiger partial charge on any atom is -0.508 e. The Bertz CT molecular complexity index is 758. The van der Waals surface area contributed by atoms with Crippen molar-refractivity contribution >= 4 is 23.5 Å². The summed E-state index contributed by atoms with van der Waals surface area (Å²) in [6, 6.07) is 13.7. The number of carbonyl (C=O) groups excluding carboxylic acids is 2. The van der Waals surface area contributed by atoms with Crippen molar-refractivity contribution < 1.29 is 14.7 Å². The first-order valence-electron chi connectivity index (χ1n) is 7.38. The average Bonchev–Trinajstić information content (AvgIpc) is 2.98. The lowest BCUT2D eigenvalue weighted by atomic mass is 10.2. The van der Waals surface area contributed by atoms with Crippen LogP contribution in [0, 0.1) is 0 Å². The lowest BCUT2D eigenvalue weighted by molar-refractivity contribution is 0.111. The number of hydrogen-bond acceptors (Lipinski definition) is 3. The number of nitrogens with zero attached hydrogens (tertiary/aromatic N) is 1. The standard InChI is InChI=1S/C10H9NO.C7H6O2.C2H6/c1-11-5-4-9-6-8(7-12)2-3-10(9)11;8-5-6-1-3-7(9)4-2-6;1-2/h2-7H,1H3;1-5,9H;1-2H3. The van der Waals surface area contributed by atoms with E-state index < -0.39 is 0 Å². The molecule has 0 bridgehead atoms. The predicted molar refractivity (Wildman–Crippen MR) is 93.1 cm³/mol. The maximum absolute atomic E-state index is 10.5. The molecule has 4 nitrogen and oxygen atoms in total. The van der Waals surface area contributed by atoms with Crippen LogP contribution in [0.5, 0.6) is 5.75 Å². The molecule has 0 saturated carbocycles. The van der Waals surface area contributed by atoms with Crippen molar-refractivity contribution in [2.75, 3.05) is 0 Å². The van der Waals surface area contributed by atoms with Crippen molar-refractivity contribution in [3.63, 3.8) is 0 Å². The summed E-state index contributed by atoms with van der Waals surface area (Å²) in [7, 11) is 1.99. The van der Waals surface area contributed by atoms with E-state index in [1.807, 2.05) is 55.9 Å². The second kappa shape index (κ2) is 9.20. The van der Waals surface area contributed by atoms with Crippen LogP contribution in [0.25, 0.3) is 10.9 Å². The monoisotopic (exact) mass is 311 g/mol. The molecule has 2 aromatic carbocycles. The zero-order valence-corrected chi connectivity index (χ0v) is 13.6. The summed E-state index contributed by atoms with van der Waals surface area (Å²) in [5.41, 5.74) is 2.46. The molecule has 0 amide bonds. The number of fused-ring (bicyclic) bond motifs is 1. The Kier molecular flexibility index (Phi) is 7.27. The second-order valence-electron chi connectivity index (χ2n) is 4.57. The van der Waals surface area contributed by atoms with Gasteiger partial charge in [0.15, 0.2) is 0 Å². The van der Waals surface area contributed by atoms with E-state index in [1.165, 1.54) is 12.1 Å². The lowest BCUT2D eigenvalue weighted by Crippen LogP contribution is -1.84. The number of carbonyl (C=O) groups is 2. The Morgan fingerprint density at radius 3 is 2.00 bits per heavy atom. The van der Waals surface area contributed by atoms with Gasteiger partial charge in [-0.2, -0.15) is 0 Å². The number of aldehydes is 2. The highest BCUT2D eigenvalue weighted by Crippen LogP contribution is 2.15. The van der Waals surface area contributed by atoms with Gasteiger partial charge in [0.25, 0.3) is 0 Å². The molecule has 1 heterocycles. The van der Waals surface area contributed by atoms with E-state index in [-0.39, 0.29) is 5.75 Å². The fraction of sp³-hybridized carbons (Fsp3) is 0.158. The molecule has 3 aromatic rings. The van der Waals surface area contributed by atoms with E-state index in [2.05, 4.69) is 0 Å². The summed E-state index contributed by atoms with van der Waals surface area (Å²) >= 11 is 0. The van der Waals surface area contributed by atoms with E-state index in [4.69, 9.17) is 5.11 Å². The SMILES string of the molecule is CC.Cn1ccc2cc(C=O)ccc21.O=Cc1ccc(O)cc1. The first-order chi connectivity index (χ1) is 11.1. The number of rotatable bonds is 2. The van der Waals surface area contributed by atoms with E-state index in [0.29, 0.717) is 5.56 Å². The summed E-state index contributed by atoms with van der Waals surface area (Å²) in [6.45, 7) is 4.00. The predicted octanol–water partition coefficient (Wildman–Crippen LogP) is 4.22. The number of hydrogen-bond donors (Lipinski definition) is 1. The number of aromatic hydroxyl groups is 1. The Hall–Kier alpha value is -2.88. The number of phenols is 1. The van der Waals surface area contributed by atoms with Crippen LogP contribution in [0.15, 0.2) is 54.7 Å². The average molecular weight is 311 g/mol. The summed E-state index contributed by atoms with van der Waals surface area (Å²) in [4.78, 5) is 20.5. The molecule has 0 aliphatic heterocycles. The fourth-order valence-corrected chi connectivity index (χ4v) is 1.93. The van der Waals surface area contributed by atoms with Crippen LogP contribution in [0.3, 0.4) is 0 Å². The van der Waals surface area contributed by atoms with Crippen molar-refractivity contribution in [3.05, 3.63) is 65.9 Å². The Labute approximate surface area is 136 Å². The number of phenolic OH excluding ortho intramolecular Hbond substituents is 1. The molecule has 0 aliphatic carbocycles. The summed E-state index contributed by atoms with van der Waals surface area (Å²) in [5.74, 6) is 0.181. The smallest absolute Gasteiger partial charge is 0.150 e.